The number of nitrogens with zero attached hydrogens (tertiary/aromatic N) is 4. The van der Waals surface area contributed by atoms with E-state index in [0.29, 0.717) is 11.7 Å². The lowest BCUT2D eigenvalue weighted by Crippen LogP contribution is -2.30. The number of imidazole rings is 1. The predicted octanol–water partition coefficient (Wildman–Crippen LogP) is 1.74. The molecule has 7 heteroatoms. The number of anilines is 2. The first kappa shape index (κ1) is 12.9. The molecule has 0 amide bonds. The minimum Gasteiger partial charge on any atom is -0.368 e. The lowest BCUT2D eigenvalue weighted by Gasteiger charge is -2.25. The highest BCUT2D eigenvalue weighted by Gasteiger charge is 2.23. The van der Waals surface area contributed by atoms with Crippen LogP contribution in [0.1, 0.15) is 25.7 Å². The van der Waals surface area contributed by atoms with Gasteiger partial charge in [0.05, 0.1) is 6.33 Å². The number of H-pyrrole nitrogens is 1. The van der Waals surface area contributed by atoms with E-state index in [1.165, 1.54) is 25.7 Å². The third-order valence-corrected chi connectivity index (χ3v) is 3.49. The van der Waals surface area contributed by atoms with Crippen LogP contribution in [0.2, 0.25) is 0 Å². The summed E-state index contributed by atoms with van der Waals surface area (Å²) < 4.78 is 0. The van der Waals surface area contributed by atoms with Crippen LogP contribution in [0.5, 0.6) is 0 Å². The number of halogens is 1. The summed E-state index contributed by atoms with van der Waals surface area (Å²) in [5.41, 5.74) is 7.22. The molecular formula is C11H17ClN6. The van der Waals surface area contributed by atoms with E-state index in [-0.39, 0.29) is 18.4 Å². The number of hydrogen-bond acceptors (Lipinski definition) is 5. The molecule has 1 aliphatic carbocycles. The van der Waals surface area contributed by atoms with Crippen molar-refractivity contribution in [3.05, 3.63) is 6.33 Å². The largest absolute Gasteiger partial charge is 0.368 e. The van der Waals surface area contributed by atoms with Gasteiger partial charge in [-0.2, -0.15) is 9.97 Å². The van der Waals surface area contributed by atoms with Crippen LogP contribution in [0, 0.1) is 0 Å². The van der Waals surface area contributed by atoms with Gasteiger partial charge in [0.25, 0.3) is 0 Å². The number of hydrogen-bond donors (Lipinski definition) is 2. The maximum absolute atomic E-state index is 5.72. The molecule has 2 aromatic heterocycles. The van der Waals surface area contributed by atoms with Gasteiger partial charge >= 0.3 is 0 Å². The van der Waals surface area contributed by atoms with Crippen molar-refractivity contribution >= 4 is 35.3 Å². The van der Waals surface area contributed by atoms with Crippen LogP contribution < -0.4 is 10.6 Å². The van der Waals surface area contributed by atoms with Crippen LogP contribution in [0.3, 0.4) is 0 Å². The molecule has 1 saturated carbocycles. The molecule has 6 nitrogen and oxygen atoms in total. The van der Waals surface area contributed by atoms with Gasteiger partial charge in [0.2, 0.25) is 5.95 Å². The van der Waals surface area contributed by atoms with E-state index in [0.717, 1.165) is 11.3 Å². The molecular weight excluding hydrogens is 252 g/mol. The average Bonchev–Trinajstić information content (AvgIpc) is 2.97. The first-order valence-corrected chi connectivity index (χ1v) is 5.95. The molecule has 1 aliphatic rings. The van der Waals surface area contributed by atoms with Crippen molar-refractivity contribution in [2.45, 2.75) is 31.7 Å². The van der Waals surface area contributed by atoms with Gasteiger partial charge in [-0.15, -0.1) is 12.4 Å². The first-order chi connectivity index (χ1) is 8.25. The summed E-state index contributed by atoms with van der Waals surface area (Å²) in [6, 6.07) is 0.552. The minimum absolute atomic E-state index is 0. The summed E-state index contributed by atoms with van der Waals surface area (Å²) in [6.07, 6.45) is 6.65. The topological polar surface area (TPSA) is 83.7 Å². The van der Waals surface area contributed by atoms with E-state index in [1.807, 2.05) is 0 Å². The van der Waals surface area contributed by atoms with Crippen molar-refractivity contribution in [2.75, 3.05) is 17.7 Å². The molecule has 0 unspecified atom stereocenters. The highest BCUT2D eigenvalue weighted by molar-refractivity contribution is 5.85. The van der Waals surface area contributed by atoms with E-state index in [1.54, 1.807) is 6.33 Å². The second kappa shape index (κ2) is 4.97. The predicted molar refractivity (Wildman–Crippen MR) is 74.0 cm³/mol. The van der Waals surface area contributed by atoms with Gasteiger partial charge in [0.1, 0.15) is 5.52 Å². The van der Waals surface area contributed by atoms with Gasteiger partial charge in [-0.05, 0) is 12.8 Å². The van der Waals surface area contributed by atoms with Crippen LogP contribution in [0.25, 0.3) is 11.2 Å². The highest BCUT2D eigenvalue weighted by Crippen LogP contribution is 2.29. The molecule has 0 spiro atoms. The van der Waals surface area contributed by atoms with Crippen molar-refractivity contribution in [1.29, 1.82) is 0 Å². The summed E-state index contributed by atoms with van der Waals surface area (Å²) in [5, 5.41) is 0. The van der Waals surface area contributed by atoms with Gasteiger partial charge in [-0.3, -0.25) is 0 Å². The lowest BCUT2D eigenvalue weighted by atomic mass is 10.2. The summed E-state index contributed by atoms with van der Waals surface area (Å²) in [7, 11) is 2.07. The fourth-order valence-electron chi connectivity index (χ4n) is 2.55. The highest BCUT2D eigenvalue weighted by atomic mass is 35.5. The zero-order chi connectivity index (χ0) is 11.8. The maximum Gasteiger partial charge on any atom is 0.224 e. The molecule has 0 saturated heterocycles. The Morgan fingerprint density at radius 3 is 2.78 bits per heavy atom. The Hall–Kier alpha value is -1.56. The third kappa shape index (κ3) is 2.08. The molecule has 2 heterocycles. The second-order valence-corrected chi connectivity index (χ2v) is 4.56. The van der Waals surface area contributed by atoms with Crippen molar-refractivity contribution in [3.63, 3.8) is 0 Å². The zero-order valence-corrected chi connectivity index (χ0v) is 11.1. The molecule has 0 bridgehead atoms. The molecule has 0 aliphatic heterocycles. The Kier molecular flexibility index (Phi) is 3.56. The Labute approximate surface area is 111 Å². The fraction of sp³-hybridized carbons (Fsp3) is 0.545. The van der Waals surface area contributed by atoms with Gasteiger partial charge in [0, 0.05) is 13.1 Å². The van der Waals surface area contributed by atoms with Gasteiger partial charge in [-0.1, -0.05) is 12.8 Å². The van der Waals surface area contributed by atoms with Crippen LogP contribution >= 0.6 is 12.4 Å². The summed E-state index contributed by atoms with van der Waals surface area (Å²) in [5.74, 6) is 1.14. The number of aromatic nitrogens is 4. The molecule has 98 valence electrons. The molecule has 0 radical (unpaired) electrons. The maximum atomic E-state index is 5.72. The summed E-state index contributed by atoms with van der Waals surface area (Å²) >= 11 is 0. The normalized spacial score (nSPS) is 15.8. The zero-order valence-electron chi connectivity index (χ0n) is 10.3. The standard InChI is InChI=1S/C11H16N6.ClH/c1-17(7-4-2-3-5-7)10-8-9(14-6-13-8)15-11(12)16-10;/h6-7H,2-5H2,1H3,(H3,12,13,14,15,16);1H. The second-order valence-electron chi connectivity index (χ2n) is 4.56. The number of rotatable bonds is 2. The molecule has 0 atom stereocenters. The lowest BCUT2D eigenvalue weighted by molar-refractivity contribution is 0.648. The number of nitrogens with one attached hydrogen (secondary N) is 1. The van der Waals surface area contributed by atoms with Crippen LogP contribution in [0.15, 0.2) is 6.33 Å². The van der Waals surface area contributed by atoms with Crippen molar-refractivity contribution in [2.24, 2.45) is 0 Å². The van der Waals surface area contributed by atoms with E-state index >= 15 is 0 Å². The Morgan fingerprint density at radius 1 is 1.33 bits per heavy atom. The Balaban J connectivity index is 0.00000120. The molecule has 3 N–H and O–H groups in total. The van der Waals surface area contributed by atoms with E-state index in [4.69, 9.17) is 5.73 Å². The van der Waals surface area contributed by atoms with E-state index in [9.17, 15) is 0 Å². The quantitative estimate of drug-likeness (QED) is 0.867. The molecule has 18 heavy (non-hydrogen) atoms. The number of nitrogen functional groups attached to an aromatic ring is 1. The van der Waals surface area contributed by atoms with Crippen molar-refractivity contribution in [1.82, 2.24) is 19.9 Å². The van der Waals surface area contributed by atoms with E-state index in [2.05, 4.69) is 31.9 Å². The van der Waals surface area contributed by atoms with Crippen LogP contribution in [-0.2, 0) is 0 Å². The smallest absolute Gasteiger partial charge is 0.224 e. The molecule has 0 aromatic carbocycles. The van der Waals surface area contributed by atoms with Crippen molar-refractivity contribution < 1.29 is 0 Å². The summed E-state index contributed by atoms with van der Waals surface area (Å²) in [4.78, 5) is 17.9. The first-order valence-electron chi connectivity index (χ1n) is 5.95. The fourth-order valence-corrected chi connectivity index (χ4v) is 2.55. The molecule has 3 rings (SSSR count). The average molecular weight is 269 g/mol. The number of fused-ring (bicyclic) bond motifs is 1. The Bertz CT molecular complexity index is 533. The monoisotopic (exact) mass is 268 g/mol. The molecule has 1 fully saturated rings. The Morgan fingerprint density at radius 2 is 2.06 bits per heavy atom. The molecule has 2 aromatic rings. The van der Waals surface area contributed by atoms with Gasteiger partial charge in [-0.25, -0.2) is 4.98 Å². The van der Waals surface area contributed by atoms with Gasteiger partial charge < -0.3 is 15.6 Å². The number of aromatic amines is 1. The van der Waals surface area contributed by atoms with Crippen LogP contribution in [0.4, 0.5) is 11.8 Å². The van der Waals surface area contributed by atoms with E-state index < -0.39 is 0 Å². The SMILES string of the molecule is CN(c1nc(N)nc2nc[nH]c12)C1CCCC1.Cl. The number of nitrogens with two attached hydrogens (primary N) is 1. The minimum atomic E-state index is 0. The van der Waals surface area contributed by atoms with Crippen molar-refractivity contribution in [3.8, 4) is 0 Å². The van der Waals surface area contributed by atoms with Gasteiger partial charge in [0.15, 0.2) is 11.5 Å². The summed E-state index contributed by atoms with van der Waals surface area (Å²) in [6.45, 7) is 0. The van der Waals surface area contributed by atoms with Crippen LogP contribution in [-0.4, -0.2) is 33.0 Å². The third-order valence-electron chi connectivity index (χ3n) is 3.49.